The quantitative estimate of drug-likeness (QED) is 0.800. The summed E-state index contributed by atoms with van der Waals surface area (Å²) in [4.78, 5) is 23.7. The summed E-state index contributed by atoms with van der Waals surface area (Å²) >= 11 is 0. The zero-order chi connectivity index (χ0) is 17.5. The molecule has 24 heavy (non-hydrogen) atoms. The molecule has 1 amide bonds. The Kier molecular flexibility index (Phi) is 5.95. The highest BCUT2D eigenvalue weighted by Gasteiger charge is 2.14. The maximum absolute atomic E-state index is 12.0. The molecule has 2 rings (SSSR count). The van der Waals surface area contributed by atoms with Crippen LogP contribution in [0.2, 0.25) is 0 Å². The molecule has 2 N–H and O–H groups in total. The molecule has 0 atom stereocenters. The Balaban J connectivity index is 1.85. The van der Waals surface area contributed by atoms with Gasteiger partial charge < -0.3 is 15.2 Å². The van der Waals surface area contributed by atoms with Gasteiger partial charge in [0.05, 0.1) is 5.56 Å². The summed E-state index contributed by atoms with van der Waals surface area (Å²) in [7, 11) is 0. The van der Waals surface area contributed by atoms with Gasteiger partial charge in [0.25, 0.3) is 5.91 Å². The van der Waals surface area contributed by atoms with Crippen LogP contribution in [0.15, 0.2) is 48.5 Å². The Morgan fingerprint density at radius 1 is 1.12 bits per heavy atom. The fraction of sp³-hybridized carbons (Fsp3) is 0.263. The molecule has 0 radical (unpaired) electrons. The second kappa shape index (κ2) is 8.15. The lowest BCUT2D eigenvalue weighted by Crippen LogP contribution is -2.30. The molecule has 0 saturated carbocycles. The van der Waals surface area contributed by atoms with Gasteiger partial charge in [-0.15, -0.1) is 0 Å². The van der Waals surface area contributed by atoms with Crippen molar-refractivity contribution in [2.24, 2.45) is 0 Å². The predicted octanol–water partition coefficient (Wildman–Crippen LogP) is 2.99. The molecule has 0 aromatic heterocycles. The highest BCUT2D eigenvalue weighted by Crippen LogP contribution is 2.23. The number of nitrogens with one attached hydrogen (secondary N) is 1. The number of rotatable bonds is 6. The van der Waals surface area contributed by atoms with Gasteiger partial charge in [0.15, 0.2) is 0 Å². The number of phenolic OH excluding ortho intramolecular Hbond substituents is 1. The lowest BCUT2D eigenvalue weighted by atomic mass is 10.0. The summed E-state index contributed by atoms with van der Waals surface area (Å²) < 4.78 is 5.08. The summed E-state index contributed by atoms with van der Waals surface area (Å²) in [5.41, 5.74) is 1.95. The number of hydrogen-bond acceptors (Lipinski definition) is 4. The van der Waals surface area contributed by atoms with Crippen LogP contribution in [0.5, 0.6) is 5.75 Å². The largest absolute Gasteiger partial charge is 0.507 e. The van der Waals surface area contributed by atoms with Crippen LogP contribution < -0.4 is 5.32 Å². The number of amides is 1. The van der Waals surface area contributed by atoms with Crippen molar-refractivity contribution in [3.05, 3.63) is 65.2 Å². The Labute approximate surface area is 141 Å². The molecule has 0 aliphatic heterocycles. The number of aromatic hydroxyl groups is 1. The van der Waals surface area contributed by atoms with Crippen LogP contribution >= 0.6 is 0 Å². The van der Waals surface area contributed by atoms with Crippen molar-refractivity contribution in [1.29, 1.82) is 0 Å². The van der Waals surface area contributed by atoms with Gasteiger partial charge in [0.2, 0.25) is 0 Å². The minimum Gasteiger partial charge on any atom is -0.507 e. The maximum Gasteiger partial charge on any atom is 0.325 e. The summed E-state index contributed by atoms with van der Waals surface area (Å²) in [5.74, 6) is -0.901. The first-order valence-corrected chi connectivity index (χ1v) is 7.78. The Morgan fingerprint density at radius 3 is 2.46 bits per heavy atom. The zero-order valence-corrected chi connectivity index (χ0v) is 13.8. The zero-order valence-electron chi connectivity index (χ0n) is 13.8. The third kappa shape index (κ3) is 4.84. The normalized spacial score (nSPS) is 10.5. The van der Waals surface area contributed by atoms with Gasteiger partial charge in [-0.25, -0.2) is 0 Å². The molecule has 0 aliphatic rings. The van der Waals surface area contributed by atoms with Crippen molar-refractivity contribution in [1.82, 2.24) is 5.32 Å². The van der Waals surface area contributed by atoms with E-state index in [1.807, 2.05) is 44.2 Å². The van der Waals surface area contributed by atoms with Crippen LogP contribution in [-0.2, 0) is 16.1 Å². The Hall–Kier alpha value is -2.82. The summed E-state index contributed by atoms with van der Waals surface area (Å²) in [5, 5.41) is 12.4. The van der Waals surface area contributed by atoms with Gasteiger partial charge in [0.1, 0.15) is 18.9 Å². The highest BCUT2D eigenvalue weighted by molar-refractivity contribution is 5.98. The van der Waals surface area contributed by atoms with Crippen LogP contribution in [0.3, 0.4) is 0 Å². The maximum atomic E-state index is 12.0. The van der Waals surface area contributed by atoms with E-state index in [-0.39, 0.29) is 30.4 Å². The van der Waals surface area contributed by atoms with Crippen molar-refractivity contribution < 1.29 is 19.4 Å². The lowest BCUT2D eigenvalue weighted by molar-refractivity contribution is -0.143. The second-order valence-electron chi connectivity index (χ2n) is 5.76. The second-order valence-corrected chi connectivity index (χ2v) is 5.76. The number of esters is 1. The van der Waals surface area contributed by atoms with Gasteiger partial charge in [-0.05, 0) is 29.2 Å². The van der Waals surface area contributed by atoms with E-state index in [1.165, 1.54) is 0 Å². The first-order chi connectivity index (χ1) is 11.5. The third-order valence-corrected chi connectivity index (χ3v) is 3.57. The summed E-state index contributed by atoms with van der Waals surface area (Å²) in [6, 6.07) is 14.2. The third-order valence-electron chi connectivity index (χ3n) is 3.57. The van der Waals surface area contributed by atoms with Gasteiger partial charge >= 0.3 is 5.97 Å². The number of carbonyl (C=O) groups is 2. The topological polar surface area (TPSA) is 75.6 Å². The standard InChI is InChI=1S/C19H21NO4/c1-13(2)15-8-9-16(17(21)10-15)19(23)20-11-18(22)24-12-14-6-4-3-5-7-14/h3-10,13,21H,11-12H2,1-2H3,(H,20,23). The molecule has 0 heterocycles. The number of phenols is 1. The fourth-order valence-electron chi connectivity index (χ4n) is 2.14. The van der Waals surface area contributed by atoms with E-state index >= 15 is 0 Å². The number of carbonyl (C=O) groups excluding carboxylic acids is 2. The first kappa shape index (κ1) is 17.5. The van der Waals surface area contributed by atoms with Crippen molar-refractivity contribution in [3.8, 4) is 5.75 Å². The number of hydrogen-bond donors (Lipinski definition) is 2. The average Bonchev–Trinajstić information content (AvgIpc) is 2.58. The van der Waals surface area contributed by atoms with E-state index in [4.69, 9.17) is 4.74 Å². The van der Waals surface area contributed by atoms with E-state index in [1.54, 1.807) is 18.2 Å². The SMILES string of the molecule is CC(C)c1ccc(C(=O)NCC(=O)OCc2ccccc2)c(O)c1. The Morgan fingerprint density at radius 2 is 1.83 bits per heavy atom. The van der Waals surface area contributed by atoms with Crippen molar-refractivity contribution >= 4 is 11.9 Å². The minimum absolute atomic E-state index is 0.101. The molecule has 0 bridgehead atoms. The molecule has 0 spiro atoms. The van der Waals surface area contributed by atoms with Gasteiger partial charge in [-0.1, -0.05) is 50.2 Å². The average molecular weight is 327 g/mol. The van der Waals surface area contributed by atoms with E-state index in [0.29, 0.717) is 0 Å². The summed E-state index contributed by atoms with van der Waals surface area (Å²) in [6.45, 7) is 3.90. The monoisotopic (exact) mass is 327 g/mol. The van der Waals surface area contributed by atoms with Crippen LogP contribution in [-0.4, -0.2) is 23.5 Å². The van der Waals surface area contributed by atoms with Gasteiger partial charge in [-0.2, -0.15) is 0 Å². The van der Waals surface area contributed by atoms with Crippen LogP contribution in [0.25, 0.3) is 0 Å². The first-order valence-electron chi connectivity index (χ1n) is 7.78. The minimum atomic E-state index is -0.537. The van der Waals surface area contributed by atoms with E-state index in [0.717, 1.165) is 11.1 Å². The van der Waals surface area contributed by atoms with Crippen LogP contribution in [0.4, 0.5) is 0 Å². The molecule has 5 heteroatoms. The smallest absolute Gasteiger partial charge is 0.325 e. The van der Waals surface area contributed by atoms with Crippen molar-refractivity contribution in [2.45, 2.75) is 26.4 Å². The van der Waals surface area contributed by atoms with Crippen LogP contribution in [0, 0.1) is 0 Å². The molecule has 0 fully saturated rings. The highest BCUT2D eigenvalue weighted by atomic mass is 16.5. The lowest BCUT2D eigenvalue weighted by Gasteiger charge is -2.10. The van der Waals surface area contributed by atoms with Gasteiger partial charge in [-0.3, -0.25) is 9.59 Å². The molecular weight excluding hydrogens is 306 g/mol. The molecule has 0 unspecified atom stereocenters. The molecular formula is C19H21NO4. The van der Waals surface area contributed by atoms with Crippen molar-refractivity contribution in [2.75, 3.05) is 6.54 Å². The van der Waals surface area contributed by atoms with Crippen LogP contribution in [0.1, 0.15) is 41.3 Å². The molecule has 2 aromatic rings. The van der Waals surface area contributed by atoms with E-state index in [9.17, 15) is 14.7 Å². The molecule has 0 saturated heterocycles. The fourth-order valence-corrected chi connectivity index (χ4v) is 2.14. The Bertz CT molecular complexity index is 711. The van der Waals surface area contributed by atoms with E-state index < -0.39 is 11.9 Å². The molecule has 2 aromatic carbocycles. The van der Waals surface area contributed by atoms with Crippen molar-refractivity contribution in [3.63, 3.8) is 0 Å². The molecule has 126 valence electrons. The van der Waals surface area contributed by atoms with E-state index in [2.05, 4.69) is 5.32 Å². The van der Waals surface area contributed by atoms with Gasteiger partial charge in [0, 0.05) is 0 Å². The number of benzene rings is 2. The predicted molar refractivity (Wildman–Crippen MR) is 90.8 cm³/mol. The molecule has 0 aliphatic carbocycles. The number of ether oxygens (including phenoxy) is 1. The summed E-state index contributed by atoms with van der Waals surface area (Å²) in [6.07, 6.45) is 0. The molecule has 5 nitrogen and oxygen atoms in total.